The quantitative estimate of drug-likeness (QED) is 0.680. The summed E-state index contributed by atoms with van der Waals surface area (Å²) in [6.07, 6.45) is 4.54. The molecule has 0 atom stereocenters. The Hall–Kier alpha value is -2.88. The molecule has 1 aromatic heterocycles. The van der Waals surface area contributed by atoms with Crippen LogP contribution in [0.15, 0.2) is 79.1 Å². The maximum absolute atomic E-state index is 12.8. The van der Waals surface area contributed by atoms with Crippen LogP contribution in [0, 0.1) is 0 Å². The van der Waals surface area contributed by atoms with Gasteiger partial charge in [-0.1, -0.05) is 60.7 Å². The largest absolute Gasteiger partial charge is 0.355 e. The van der Waals surface area contributed by atoms with E-state index in [1.165, 1.54) is 0 Å². The van der Waals surface area contributed by atoms with Crippen LogP contribution < -0.4 is 5.32 Å². The molecule has 3 rings (SSSR count). The third kappa shape index (κ3) is 4.10. The molecular formula is C20H21N3O. The van der Waals surface area contributed by atoms with Gasteiger partial charge in [0, 0.05) is 25.5 Å². The monoisotopic (exact) mass is 319 g/mol. The Morgan fingerprint density at radius 2 is 1.58 bits per heavy atom. The summed E-state index contributed by atoms with van der Waals surface area (Å²) in [5.41, 5.74) is 2.02. The summed E-state index contributed by atoms with van der Waals surface area (Å²) in [5.74, 6) is -0.245. The van der Waals surface area contributed by atoms with Gasteiger partial charge in [0.15, 0.2) is 0 Å². The van der Waals surface area contributed by atoms with Gasteiger partial charge in [-0.05, 0) is 23.6 Å². The van der Waals surface area contributed by atoms with Crippen LogP contribution >= 0.6 is 0 Å². The first-order valence-electron chi connectivity index (χ1n) is 8.19. The number of amides is 1. The van der Waals surface area contributed by atoms with Gasteiger partial charge in [0.2, 0.25) is 5.91 Å². The Bertz CT molecular complexity index is 700. The van der Waals surface area contributed by atoms with Crippen LogP contribution in [-0.4, -0.2) is 22.2 Å². The zero-order valence-electron chi connectivity index (χ0n) is 13.5. The van der Waals surface area contributed by atoms with Crippen molar-refractivity contribution < 1.29 is 4.79 Å². The molecule has 4 nitrogen and oxygen atoms in total. The highest BCUT2D eigenvalue weighted by molar-refractivity contribution is 5.87. The van der Waals surface area contributed by atoms with Gasteiger partial charge in [0.1, 0.15) is 0 Å². The second kappa shape index (κ2) is 8.11. The molecular weight excluding hydrogens is 298 g/mol. The standard InChI is InChI=1S/C20H21N3O/c24-20(21-13-7-15-23-16-8-14-22-23)19(17-9-3-1-4-10-17)18-11-5-2-6-12-18/h1-6,8-12,14,16,19H,7,13,15H2,(H,21,24). The number of benzene rings is 2. The molecule has 2 aromatic carbocycles. The van der Waals surface area contributed by atoms with E-state index in [1.54, 1.807) is 6.20 Å². The Balaban J connectivity index is 1.65. The van der Waals surface area contributed by atoms with E-state index >= 15 is 0 Å². The van der Waals surface area contributed by atoms with Crippen molar-refractivity contribution in [2.24, 2.45) is 0 Å². The molecule has 3 aromatic rings. The van der Waals surface area contributed by atoms with Gasteiger partial charge < -0.3 is 5.32 Å². The molecule has 0 spiro atoms. The second-order valence-corrected chi connectivity index (χ2v) is 5.67. The van der Waals surface area contributed by atoms with Gasteiger partial charge in [0.25, 0.3) is 0 Å². The summed E-state index contributed by atoms with van der Waals surface area (Å²) < 4.78 is 1.87. The molecule has 0 unspecified atom stereocenters. The highest BCUT2D eigenvalue weighted by Crippen LogP contribution is 2.24. The average molecular weight is 319 g/mol. The first-order chi connectivity index (χ1) is 11.8. The number of rotatable bonds is 7. The summed E-state index contributed by atoms with van der Waals surface area (Å²) in [6.45, 7) is 1.43. The van der Waals surface area contributed by atoms with Gasteiger partial charge in [0.05, 0.1) is 5.92 Å². The number of nitrogens with zero attached hydrogens (tertiary/aromatic N) is 2. The zero-order chi connectivity index (χ0) is 16.6. The lowest BCUT2D eigenvalue weighted by molar-refractivity contribution is -0.121. The summed E-state index contributed by atoms with van der Waals surface area (Å²) >= 11 is 0. The molecule has 0 aliphatic carbocycles. The Morgan fingerprint density at radius 1 is 0.958 bits per heavy atom. The molecule has 1 heterocycles. The minimum Gasteiger partial charge on any atom is -0.355 e. The van der Waals surface area contributed by atoms with Crippen LogP contribution in [-0.2, 0) is 11.3 Å². The van der Waals surface area contributed by atoms with Gasteiger partial charge in [-0.3, -0.25) is 9.48 Å². The maximum atomic E-state index is 12.8. The van der Waals surface area contributed by atoms with Crippen molar-refractivity contribution in [2.45, 2.75) is 18.9 Å². The number of aryl methyl sites for hydroxylation is 1. The molecule has 1 amide bonds. The van der Waals surface area contributed by atoms with Crippen molar-refractivity contribution in [2.75, 3.05) is 6.54 Å². The fourth-order valence-corrected chi connectivity index (χ4v) is 2.77. The van der Waals surface area contributed by atoms with Crippen LogP contribution in [0.5, 0.6) is 0 Å². The molecule has 122 valence electrons. The van der Waals surface area contributed by atoms with Crippen molar-refractivity contribution in [1.29, 1.82) is 0 Å². The molecule has 4 heteroatoms. The van der Waals surface area contributed by atoms with E-state index < -0.39 is 0 Å². The fraction of sp³-hybridized carbons (Fsp3) is 0.200. The van der Waals surface area contributed by atoms with Crippen molar-refractivity contribution in [1.82, 2.24) is 15.1 Å². The van der Waals surface area contributed by atoms with E-state index in [0.717, 1.165) is 24.1 Å². The average Bonchev–Trinajstić information content (AvgIpc) is 3.14. The lowest BCUT2D eigenvalue weighted by Crippen LogP contribution is -2.31. The van der Waals surface area contributed by atoms with Crippen molar-refractivity contribution in [3.8, 4) is 0 Å². The Kier molecular flexibility index (Phi) is 5.40. The van der Waals surface area contributed by atoms with Crippen LogP contribution in [0.25, 0.3) is 0 Å². The highest BCUT2D eigenvalue weighted by Gasteiger charge is 2.21. The van der Waals surface area contributed by atoms with Crippen molar-refractivity contribution >= 4 is 5.91 Å². The van der Waals surface area contributed by atoms with Gasteiger partial charge in [-0.2, -0.15) is 5.10 Å². The molecule has 1 N–H and O–H groups in total. The topological polar surface area (TPSA) is 46.9 Å². The summed E-state index contributed by atoms with van der Waals surface area (Å²) in [6, 6.07) is 21.7. The van der Waals surface area contributed by atoms with Gasteiger partial charge in [-0.15, -0.1) is 0 Å². The second-order valence-electron chi connectivity index (χ2n) is 5.67. The summed E-state index contributed by atoms with van der Waals surface area (Å²) in [7, 11) is 0. The third-order valence-corrected chi connectivity index (χ3v) is 3.95. The first-order valence-corrected chi connectivity index (χ1v) is 8.19. The fourth-order valence-electron chi connectivity index (χ4n) is 2.77. The number of carbonyl (C=O) groups excluding carboxylic acids is 1. The first kappa shape index (κ1) is 16.0. The molecule has 0 saturated carbocycles. The van der Waals surface area contributed by atoms with E-state index in [-0.39, 0.29) is 11.8 Å². The number of nitrogens with one attached hydrogen (secondary N) is 1. The minimum absolute atomic E-state index is 0.0351. The number of hydrogen-bond acceptors (Lipinski definition) is 2. The number of aromatic nitrogens is 2. The third-order valence-electron chi connectivity index (χ3n) is 3.95. The molecule has 24 heavy (non-hydrogen) atoms. The Morgan fingerprint density at radius 3 is 2.12 bits per heavy atom. The lowest BCUT2D eigenvalue weighted by atomic mass is 9.90. The van der Waals surface area contributed by atoms with E-state index in [9.17, 15) is 4.79 Å². The molecule has 0 bridgehead atoms. The zero-order valence-corrected chi connectivity index (χ0v) is 13.5. The van der Waals surface area contributed by atoms with Crippen LogP contribution in [0.4, 0.5) is 0 Å². The van der Waals surface area contributed by atoms with Gasteiger partial charge >= 0.3 is 0 Å². The van der Waals surface area contributed by atoms with Crippen molar-refractivity contribution in [3.05, 3.63) is 90.3 Å². The normalized spacial score (nSPS) is 10.7. The number of carbonyl (C=O) groups is 1. The predicted molar refractivity (Wildman–Crippen MR) is 94.6 cm³/mol. The van der Waals surface area contributed by atoms with Crippen molar-refractivity contribution in [3.63, 3.8) is 0 Å². The van der Waals surface area contributed by atoms with Crippen LogP contribution in [0.1, 0.15) is 23.5 Å². The van der Waals surface area contributed by atoms with E-state index in [4.69, 9.17) is 0 Å². The highest BCUT2D eigenvalue weighted by atomic mass is 16.1. The summed E-state index contributed by atoms with van der Waals surface area (Å²) in [4.78, 5) is 12.8. The molecule has 0 radical (unpaired) electrons. The van der Waals surface area contributed by atoms with Crippen LogP contribution in [0.2, 0.25) is 0 Å². The lowest BCUT2D eigenvalue weighted by Gasteiger charge is -2.18. The van der Waals surface area contributed by atoms with E-state index in [2.05, 4.69) is 10.4 Å². The Labute approximate surface area is 142 Å². The molecule has 0 saturated heterocycles. The molecule has 0 aliphatic heterocycles. The maximum Gasteiger partial charge on any atom is 0.232 e. The molecule has 0 fully saturated rings. The van der Waals surface area contributed by atoms with E-state index in [0.29, 0.717) is 6.54 Å². The van der Waals surface area contributed by atoms with E-state index in [1.807, 2.05) is 77.6 Å². The predicted octanol–water partition coefficient (Wildman–Crippen LogP) is 3.22. The summed E-state index contributed by atoms with van der Waals surface area (Å²) in [5, 5.41) is 7.23. The minimum atomic E-state index is -0.280. The SMILES string of the molecule is O=C(NCCCn1cccn1)C(c1ccccc1)c1ccccc1. The number of hydrogen-bond donors (Lipinski definition) is 1. The van der Waals surface area contributed by atoms with Gasteiger partial charge in [-0.25, -0.2) is 0 Å². The molecule has 0 aliphatic rings. The smallest absolute Gasteiger partial charge is 0.232 e. The van der Waals surface area contributed by atoms with Crippen LogP contribution in [0.3, 0.4) is 0 Å².